The van der Waals surface area contributed by atoms with Crippen molar-refractivity contribution in [3.8, 4) is 0 Å². The molecule has 0 aromatic heterocycles. The predicted molar refractivity (Wildman–Crippen MR) is 49.2 cm³/mol. The molecule has 13 heavy (non-hydrogen) atoms. The largest absolute Gasteiger partial charge is 0.466 e. The Morgan fingerprint density at radius 2 is 2.31 bits per heavy atom. The molecule has 1 unspecified atom stereocenters. The van der Waals surface area contributed by atoms with Crippen LogP contribution in [0.4, 0.5) is 0 Å². The molecule has 3 heteroatoms. The monoisotopic (exact) mass is 186 g/mol. The fourth-order valence-corrected chi connectivity index (χ4v) is 1.56. The van der Waals surface area contributed by atoms with Crippen LogP contribution in [0.5, 0.6) is 0 Å². The Balaban J connectivity index is 2.06. The molecular formula is C10H18O3. The SMILES string of the molecule is CCOC(=O)CCC(O)C1CCC1. The molecule has 0 radical (unpaired) electrons. The highest BCUT2D eigenvalue weighted by Gasteiger charge is 2.25. The second kappa shape index (κ2) is 5.22. The van der Waals surface area contributed by atoms with Gasteiger partial charge in [-0.15, -0.1) is 0 Å². The average Bonchev–Trinajstić information content (AvgIpc) is 1.98. The first kappa shape index (κ1) is 10.5. The van der Waals surface area contributed by atoms with E-state index in [0.717, 1.165) is 12.8 Å². The summed E-state index contributed by atoms with van der Waals surface area (Å²) in [7, 11) is 0. The molecule has 1 N–H and O–H groups in total. The van der Waals surface area contributed by atoms with Crippen molar-refractivity contribution in [2.45, 2.75) is 45.1 Å². The molecule has 1 rings (SSSR count). The summed E-state index contributed by atoms with van der Waals surface area (Å²) in [5.74, 6) is 0.246. The predicted octanol–water partition coefficient (Wildman–Crippen LogP) is 1.49. The van der Waals surface area contributed by atoms with Gasteiger partial charge >= 0.3 is 5.97 Å². The summed E-state index contributed by atoms with van der Waals surface area (Å²) in [6, 6.07) is 0. The number of rotatable bonds is 5. The lowest BCUT2D eigenvalue weighted by molar-refractivity contribution is -0.144. The summed E-state index contributed by atoms with van der Waals surface area (Å²) in [5.41, 5.74) is 0. The van der Waals surface area contributed by atoms with Crippen molar-refractivity contribution in [3.63, 3.8) is 0 Å². The topological polar surface area (TPSA) is 46.5 Å². The Morgan fingerprint density at radius 3 is 2.77 bits per heavy atom. The molecular weight excluding hydrogens is 168 g/mol. The minimum absolute atomic E-state index is 0.194. The van der Waals surface area contributed by atoms with Crippen molar-refractivity contribution in [2.24, 2.45) is 5.92 Å². The molecule has 0 aromatic rings. The van der Waals surface area contributed by atoms with Crippen LogP contribution in [0, 0.1) is 5.92 Å². The molecule has 0 bridgehead atoms. The van der Waals surface area contributed by atoms with E-state index in [1.165, 1.54) is 6.42 Å². The van der Waals surface area contributed by atoms with Gasteiger partial charge in [0.05, 0.1) is 12.7 Å². The Kier molecular flexibility index (Phi) is 4.22. The Morgan fingerprint density at radius 1 is 1.62 bits per heavy atom. The van der Waals surface area contributed by atoms with Crippen molar-refractivity contribution in [3.05, 3.63) is 0 Å². The molecule has 76 valence electrons. The molecule has 0 amide bonds. The maximum absolute atomic E-state index is 10.9. The normalized spacial score (nSPS) is 19.2. The zero-order valence-electron chi connectivity index (χ0n) is 8.16. The number of carbonyl (C=O) groups excluding carboxylic acids is 1. The van der Waals surface area contributed by atoms with Crippen LogP contribution >= 0.6 is 0 Å². The molecule has 0 spiro atoms. The third-order valence-electron chi connectivity index (χ3n) is 2.64. The van der Waals surface area contributed by atoms with E-state index in [1.807, 2.05) is 0 Å². The van der Waals surface area contributed by atoms with E-state index < -0.39 is 0 Å². The molecule has 0 saturated heterocycles. The molecule has 0 heterocycles. The number of esters is 1. The van der Waals surface area contributed by atoms with Crippen molar-refractivity contribution < 1.29 is 14.6 Å². The van der Waals surface area contributed by atoms with Crippen LogP contribution in [0.2, 0.25) is 0 Å². The van der Waals surface area contributed by atoms with Gasteiger partial charge < -0.3 is 9.84 Å². The van der Waals surface area contributed by atoms with Gasteiger partial charge in [-0.05, 0) is 32.1 Å². The maximum atomic E-state index is 10.9. The van der Waals surface area contributed by atoms with E-state index in [4.69, 9.17) is 4.74 Å². The van der Waals surface area contributed by atoms with Crippen LogP contribution in [0.3, 0.4) is 0 Å². The van der Waals surface area contributed by atoms with E-state index in [1.54, 1.807) is 6.92 Å². The molecule has 1 saturated carbocycles. The number of hydrogen-bond donors (Lipinski definition) is 1. The van der Waals surface area contributed by atoms with Crippen molar-refractivity contribution in [2.75, 3.05) is 6.61 Å². The summed E-state index contributed by atoms with van der Waals surface area (Å²) in [6.45, 7) is 2.22. The number of carbonyl (C=O) groups is 1. The fourth-order valence-electron chi connectivity index (χ4n) is 1.56. The second-order valence-electron chi connectivity index (χ2n) is 3.60. The van der Waals surface area contributed by atoms with Gasteiger partial charge in [-0.1, -0.05) is 6.42 Å². The van der Waals surface area contributed by atoms with Gasteiger partial charge in [0.1, 0.15) is 0 Å². The highest BCUT2D eigenvalue weighted by atomic mass is 16.5. The number of aliphatic hydroxyl groups excluding tert-OH is 1. The first-order valence-electron chi connectivity index (χ1n) is 5.07. The lowest BCUT2D eigenvalue weighted by Crippen LogP contribution is -2.27. The lowest BCUT2D eigenvalue weighted by atomic mass is 9.80. The van der Waals surface area contributed by atoms with E-state index in [-0.39, 0.29) is 12.1 Å². The van der Waals surface area contributed by atoms with Gasteiger partial charge in [0.2, 0.25) is 0 Å². The van der Waals surface area contributed by atoms with Crippen LogP contribution in [0.1, 0.15) is 39.0 Å². The number of aliphatic hydroxyl groups is 1. The summed E-state index contributed by atoms with van der Waals surface area (Å²) < 4.78 is 4.77. The average molecular weight is 186 g/mol. The van der Waals surface area contributed by atoms with Crippen LogP contribution in [0.25, 0.3) is 0 Å². The third kappa shape index (κ3) is 3.35. The quantitative estimate of drug-likeness (QED) is 0.662. The first-order valence-corrected chi connectivity index (χ1v) is 5.07. The van der Waals surface area contributed by atoms with E-state index in [2.05, 4.69) is 0 Å². The smallest absolute Gasteiger partial charge is 0.305 e. The standard InChI is InChI=1S/C10H18O3/c1-2-13-10(12)7-6-9(11)8-4-3-5-8/h8-9,11H,2-7H2,1H3. The molecule has 1 atom stereocenters. The summed E-state index contributed by atoms with van der Waals surface area (Å²) in [4.78, 5) is 10.9. The zero-order valence-corrected chi connectivity index (χ0v) is 8.16. The van der Waals surface area contributed by atoms with Gasteiger partial charge in [0.15, 0.2) is 0 Å². The van der Waals surface area contributed by atoms with E-state index in [9.17, 15) is 9.90 Å². The highest BCUT2D eigenvalue weighted by molar-refractivity contribution is 5.69. The highest BCUT2D eigenvalue weighted by Crippen LogP contribution is 2.31. The van der Waals surface area contributed by atoms with E-state index >= 15 is 0 Å². The van der Waals surface area contributed by atoms with Crippen molar-refractivity contribution >= 4 is 5.97 Å². The van der Waals surface area contributed by atoms with Crippen molar-refractivity contribution in [1.29, 1.82) is 0 Å². The molecule has 0 aliphatic heterocycles. The zero-order chi connectivity index (χ0) is 9.68. The van der Waals surface area contributed by atoms with Crippen LogP contribution < -0.4 is 0 Å². The molecule has 1 aliphatic carbocycles. The van der Waals surface area contributed by atoms with Gasteiger partial charge in [-0.25, -0.2) is 0 Å². The summed E-state index contributed by atoms with van der Waals surface area (Å²) >= 11 is 0. The molecule has 3 nitrogen and oxygen atoms in total. The van der Waals surface area contributed by atoms with Gasteiger partial charge in [-0.3, -0.25) is 4.79 Å². The van der Waals surface area contributed by atoms with E-state index in [0.29, 0.717) is 25.4 Å². The Hall–Kier alpha value is -0.570. The molecule has 0 aromatic carbocycles. The van der Waals surface area contributed by atoms with Gasteiger partial charge in [0.25, 0.3) is 0 Å². The maximum Gasteiger partial charge on any atom is 0.305 e. The summed E-state index contributed by atoms with van der Waals surface area (Å²) in [6.07, 6.45) is 4.07. The van der Waals surface area contributed by atoms with Crippen molar-refractivity contribution in [1.82, 2.24) is 0 Å². The number of hydrogen-bond acceptors (Lipinski definition) is 3. The van der Waals surface area contributed by atoms with Gasteiger partial charge in [-0.2, -0.15) is 0 Å². The first-order chi connectivity index (χ1) is 6.24. The third-order valence-corrected chi connectivity index (χ3v) is 2.64. The van der Waals surface area contributed by atoms with Crippen LogP contribution in [-0.4, -0.2) is 23.8 Å². The second-order valence-corrected chi connectivity index (χ2v) is 3.60. The minimum atomic E-state index is -0.293. The Labute approximate surface area is 79.1 Å². The minimum Gasteiger partial charge on any atom is -0.466 e. The lowest BCUT2D eigenvalue weighted by Gasteiger charge is -2.29. The fraction of sp³-hybridized carbons (Fsp3) is 0.900. The Bertz CT molecular complexity index is 164. The molecule has 1 fully saturated rings. The van der Waals surface area contributed by atoms with Crippen LogP contribution in [0.15, 0.2) is 0 Å². The molecule has 1 aliphatic rings. The summed E-state index contributed by atoms with van der Waals surface area (Å²) in [5, 5.41) is 9.58. The number of ether oxygens (including phenoxy) is 1. The van der Waals surface area contributed by atoms with Crippen LogP contribution in [-0.2, 0) is 9.53 Å². The van der Waals surface area contributed by atoms with Gasteiger partial charge in [0, 0.05) is 6.42 Å².